The van der Waals surface area contributed by atoms with E-state index in [0.29, 0.717) is 12.7 Å². The number of hydrogen-bond donors (Lipinski definition) is 1. The van der Waals surface area contributed by atoms with Crippen LogP contribution in [0.5, 0.6) is 11.5 Å². The van der Waals surface area contributed by atoms with Gasteiger partial charge in [0.15, 0.2) is 11.5 Å². The lowest BCUT2D eigenvalue weighted by molar-refractivity contribution is 0.173. The van der Waals surface area contributed by atoms with E-state index in [9.17, 15) is 0 Å². The molecule has 2 aliphatic heterocycles. The third-order valence-electron chi connectivity index (χ3n) is 3.43. The van der Waals surface area contributed by atoms with Gasteiger partial charge in [-0.25, -0.2) is 0 Å². The van der Waals surface area contributed by atoms with Gasteiger partial charge in [-0.1, -0.05) is 6.07 Å². The summed E-state index contributed by atoms with van der Waals surface area (Å²) >= 11 is 0. The summed E-state index contributed by atoms with van der Waals surface area (Å²) in [6.07, 6.45) is 0. The van der Waals surface area contributed by atoms with Crippen LogP contribution in [-0.4, -0.2) is 18.9 Å². The van der Waals surface area contributed by atoms with Crippen molar-refractivity contribution < 1.29 is 9.47 Å². The number of hydrogen-bond acceptors (Lipinski definition) is 3. The molecule has 0 aromatic heterocycles. The highest BCUT2D eigenvalue weighted by Crippen LogP contribution is 2.40. The molecular weight excluding hydrogens is 190 g/mol. The molecule has 80 valence electrons. The van der Waals surface area contributed by atoms with Gasteiger partial charge >= 0.3 is 0 Å². The Balaban J connectivity index is 1.93. The van der Waals surface area contributed by atoms with Crippen LogP contribution in [0.15, 0.2) is 18.2 Å². The molecule has 0 saturated carbocycles. The molecule has 0 radical (unpaired) electrons. The Morgan fingerprint density at radius 3 is 2.73 bits per heavy atom. The molecule has 1 saturated heterocycles. The summed E-state index contributed by atoms with van der Waals surface area (Å²) in [6, 6.07) is 6.25. The van der Waals surface area contributed by atoms with Crippen LogP contribution in [0.3, 0.4) is 0 Å². The van der Waals surface area contributed by atoms with Gasteiger partial charge in [0.1, 0.15) is 0 Å². The first-order chi connectivity index (χ1) is 7.17. The quantitative estimate of drug-likeness (QED) is 0.759. The summed E-state index contributed by atoms with van der Waals surface area (Å²) in [5, 5.41) is 3.43. The van der Waals surface area contributed by atoms with Gasteiger partial charge in [0.25, 0.3) is 0 Å². The number of benzene rings is 1. The first-order valence-electron chi connectivity index (χ1n) is 5.31. The van der Waals surface area contributed by atoms with Crippen LogP contribution >= 0.6 is 0 Å². The van der Waals surface area contributed by atoms with E-state index in [1.807, 2.05) is 6.07 Å². The third-order valence-corrected chi connectivity index (χ3v) is 3.43. The normalized spacial score (nSPS) is 26.1. The molecule has 1 fully saturated rings. The van der Waals surface area contributed by atoms with Crippen molar-refractivity contribution in [2.45, 2.75) is 25.3 Å². The van der Waals surface area contributed by atoms with E-state index in [0.717, 1.165) is 18.0 Å². The van der Waals surface area contributed by atoms with E-state index in [4.69, 9.17) is 9.47 Å². The highest BCUT2D eigenvalue weighted by atomic mass is 16.7. The summed E-state index contributed by atoms with van der Waals surface area (Å²) in [5.41, 5.74) is 1.54. The maximum Gasteiger partial charge on any atom is 0.231 e. The molecule has 15 heavy (non-hydrogen) atoms. The van der Waals surface area contributed by atoms with Gasteiger partial charge in [0, 0.05) is 18.0 Å². The number of ether oxygens (including phenoxy) is 2. The van der Waals surface area contributed by atoms with Gasteiger partial charge in [0.05, 0.1) is 0 Å². The molecule has 1 aromatic carbocycles. The highest BCUT2D eigenvalue weighted by Gasteiger charge is 2.39. The minimum Gasteiger partial charge on any atom is -0.454 e. The molecule has 3 rings (SSSR count). The molecule has 0 spiro atoms. The van der Waals surface area contributed by atoms with Crippen LogP contribution in [0, 0.1) is 0 Å². The van der Waals surface area contributed by atoms with Crippen molar-refractivity contribution in [1.29, 1.82) is 0 Å². The zero-order valence-electron chi connectivity index (χ0n) is 9.04. The van der Waals surface area contributed by atoms with Crippen molar-refractivity contribution >= 4 is 0 Å². The Morgan fingerprint density at radius 1 is 1.27 bits per heavy atom. The van der Waals surface area contributed by atoms with E-state index >= 15 is 0 Å². The largest absolute Gasteiger partial charge is 0.454 e. The number of nitrogens with one attached hydrogen (secondary N) is 1. The molecule has 1 atom stereocenters. The molecular formula is C12H15NO2. The fraction of sp³-hybridized carbons (Fsp3) is 0.500. The van der Waals surface area contributed by atoms with Gasteiger partial charge in [-0.05, 0) is 31.5 Å². The van der Waals surface area contributed by atoms with Crippen LogP contribution in [0.1, 0.15) is 25.3 Å². The van der Waals surface area contributed by atoms with Gasteiger partial charge < -0.3 is 14.8 Å². The average Bonchev–Trinajstić information content (AvgIpc) is 2.63. The zero-order valence-corrected chi connectivity index (χ0v) is 9.04. The van der Waals surface area contributed by atoms with Crippen molar-refractivity contribution in [3.63, 3.8) is 0 Å². The second-order valence-electron chi connectivity index (χ2n) is 4.77. The molecule has 0 bridgehead atoms. The molecule has 2 heterocycles. The second-order valence-corrected chi connectivity index (χ2v) is 4.77. The van der Waals surface area contributed by atoms with Crippen LogP contribution in [-0.2, 0) is 0 Å². The minimum absolute atomic E-state index is 0.202. The Labute approximate surface area is 89.4 Å². The Kier molecular flexibility index (Phi) is 1.74. The van der Waals surface area contributed by atoms with Gasteiger partial charge in [-0.2, -0.15) is 0 Å². The molecule has 3 heteroatoms. The van der Waals surface area contributed by atoms with E-state index in [1.54, 1.807) is 0 Å². The Morgan fingerprint density at radius 2 is 2.07 bits per heavy atom. The summed E-state index contributed by atoms with van der Waals surface area (Å²) in [7, 11) is 0. The highest BCUT2D eigenvalue weighted by molar-refractivity contribution is 5.46. The SMILES string of the molecule is CC1(C)NCC1c1ccc2c(c1)OCO2. The van der Waals surface area contributed by atoms with E-state index in [2.05, 4.69) is 31.3 Å². The van der Waals surface area contributed by atoms with Crippen LogP contribution < -0.4 is 14.8 Å². The first-order valence-corrected chi connectivity index (χ1v) is 5.31. The van der Waals surface area contributed by atoms with E-state index < -0.39 is 0 Å². The van der Waals surface area contributed by atoms with Crippen molar-refractivity contribution in [2.24, 2.45) is 0 Å². The smallest absolute Gasteiger partial charge is 0.231 e. The Bertz CT molecular complexity index is 401. The van der Waals surface area contributed by atoms with Crippen molar-refractivity contribution in [3.05, 3.63) is 23.8 Å². The molecule has 3 nitrogen and oxygen atoms in total. The van der Waals surface area contributed by atoms with Crippen molar-refractivity contribution in [1.82, 2.24) is 5.32 Å². The molecule has 1 unspecified atom stereocenters. The van der Waals surface area contributed by atoms with Crippen molar-refractivity contribution in [2.75, 3.05) is 13.3 Å². The number of rotatable bonds is 1. The molecule has 2 aliphatic rings. The van der Waals surface area contributed by atoms with Gasteiger partial charge in [-0.3, -0.25) is 0 Å². The number of fused-ring (bicyclic) bond motifs is 1. The fourth-order valence-corrected chi connectivity index (χ4v) is 2.28. The molecule has 0 aliphatic carbocycles. The maximum atomic E-state index is 5.38. The van der Waals surface area contributed by atoms with E-state index in [-0.39, 0.29) is 5.54 Å². The topological polar surface area (TPSA) is 30.5 Å². The van der Waals surface area contributed by atoms with Crippen LogP contribution in [0.25, 0.3) is 0 Å². The average molecular weight is 205 g/mol. The summed E-state index contributed by atoms with van der Waals surface area (Å²) in [5.74, 6) is 2.33. The summed E-state index contributed by atoms with van der Waals surface area (Å²) in [4.78, 5) is 0. The monoisotopic (exact) mass is 205 g/mol. The Hall–Kier alpha value is -1.22. The van der Waals surface area contributed by atoms with Crippen LogP contribution in [0.4, 0.5) is 0 Å². The molecule has 0 amide bonds. The molecule has 1 N–H and O–H groups in total. The minimum atomic E-state index is 0.202. The van der Waals surface area contributed by atoms with Crippen molar-refractivity contribution in [3.8, 4) is 11.5 Å². The second kappa shape index (κ2) is 2.89. The summed E-state index contributed by atoms with van der Waals surface area (Å²) < 4.78 is 10.7. The third kappa shape index (κ3) is 1.30. The zero-order chi connectivity index (χ0) is 10.5. The maximum absolute atomic E-state index is 5.38. The van der Waals surface area contributed by atoms with E-state index in [1.165, 1.54) is 5.56 Å². The molecule has 1 aromatic rings. The fourth-order valence-electron chi connectivity index (χ4n) is 2.28. The lowest BCUT2D eigenvalue weighted by Crippen LogP contribution is -2.59. The predicted molar refractivity (Wildman–Crippen MR) is 57.4 cm³/mol. The first kappa shape index (κ1) is 9.04. The van der Waals surface area contributed by atoms with Crippen LogP contribution in [0.2, 0.25) is 0 Å². The van der Waals surface area contributed by atoms with Gasteiger partial charge in [0.2, 0.25) is 6.79 Å². The summed E-state index contributed by atoms with van der Waals surface area (Å²) in [6.45, 7) is 5.86. The lowest BCUT2D eigenvalue weighted by Gasteiger charge is -2.46. The standard InChI is InChI=1S/C12H15NO2/c1-12(2)9(6-13-12)8-3-4-10-11(5-8)15-7-14-10/h3-5,9,13H,6-7H2,1-2H3. The van der Waals surface area contributed by atoms with Gasteiger partial charge in [-0.15, -0.1) is 0 Å². The lowest BCUT2D eigenvalue weighted by atomic mass is 9.75. The predicted octanol–water partition coefficient (Wildman–Crippen LogP) is 1.88.